The van der Waals surface area contributed by atoms with Gasteiger partial charge in [0, 0.05) is 11.6 Å². The van der Waals surface area contributed by atoms with E-state index in [0.717, 1.165) is 24.8 Å². The zero-order chi connectivity index (χ0) is 12.3. The van der Waals surface area contributed by atoms with E-state index in [-0.39, 0.29) is 12.5 Å². The Balaban J connectivity index is 2.19. The Labute approximate surface area is 106 Å². The van der Waals surface area contributed by atoms with E-state index >= 15 is 0 Å². The van der Waals surface area contributed by atoms with Crippen LogP contribution in [0, 0.1) is 0 Å². The quantitative estimate of drug-likeness (QED) is 0.861. The minimum atomic E-state index is -0.403. The maximum Gasteiger partial charge on any atom is 0.230 e. The summed E-state index contributed by atoms with van der Waals surface area (Å²) < 4.78 is 0. The van der Waals surface area contributed by atoms with Crippen molar-refractivity contribution >= 4 is 17.5 Å². The second-order valence-corrected chi connectivity index (χ2v) is 4.86. The summed E-state index contributed by atoms with van der Waals surface area (Å²) in [6.07, 6.45) is 2.80. The smallest absolute Gasteiger partial charge is 0.230 e. The molecule has 3 nitrogen and oxygen atoms in total. The van der Waals surface area contributed by atoms with Crippen molar-refractivity contribution in [2.75, 3.05) is 13.2 Å². The highest BCUT2D eigenvalue weighted by Gasteiger charge is 2.45. The molecule has 0 radical (unpaired) electrons. The van der Waals surface area contributed by atoms with Crippen molar-refractivity contribution < 1.29 is 9.90 Å². The average Bonchev–Trinajstić information content (AvgIpc) is 2.27. The molecule has 0 heterocycles. The normalized spacial score (nSPS) is 17.3. The summed E-state index contributed by atoms with van der Waals surface area (Å²) >= 11 is 5.85. The molecule has 0 spiro atoms. The fraction of sp³-hybridized carbons (Fsp3) is 0.462. The number of aliphatic hydroxyl groups is 1. The van der Waals surface area contributed by atoms with E-state index in [9.17, 15) is 4.79 Å². The summed E-state index contributed by atoms with van der Waals surface area (Å²) in [5.41, 5.74) is 0.614. The second-order valence-electron chi connectivity index (χ2n) is 4.42. The van der Waals surface area contributed by atoms with Crippen molar-refractivity contribution in [3.63, 3.8) is 0 Å². The minimum absolute atomic E-state index is 0.0140. The van der Waals surface area contributed by atoms with Crippen LogP contribution in [-0.4, -0.2) is 24.2 Å². The molecular formula is C13H16ClNO2. The van der Waals surface area contributed by atoms with Crippen LogP contribution in [0.3, 0.4) is 0 Å². The van der Waals surface area contributed by atoms with Crippen LogP contribution in [0.15, 0.2) is 24.3 Å². The van der Waals surface area contributed by atoms with E-state index in [1.165, 1.54) is 0 Å². The molecule has 1 aliphatic carbocycles. The maximum atomic E-state index is 12.1. The topological polar surface area (TPSA) is 49.3 Å². The molecule has 1 saturated carbocycles. The standard InChI is InChI=1S/C13H16ClNO2/c14-11-4-2-10(3-5-11)13(6-1-7-13)12(17)15-8-9-16/h2-5,16H,1,6-9H2,(H,15,17). The van der Waals surface area contributed by atoms with Crippen LogP contribution in [0.5, 0.6) is 0 Å². The van der Waals surface area contributed by atoms with E-state index in [4.69, 9.17) is 16.7 Å². The maximum absolute atomic E-state index is 12.1. The Morgan fingerprint density at radius 1 is 1.35 bits per heavy atom. The summed E-state index contributed by atoms with van der Waals surface area (Å²) in [4.78, 5) is 12.1. The van der Waals surface area contributed by atoms with E-state index < -0.39 is 5.41 Å². The third kappa shape index (κ3) is 2.31. The van der Waals surface area contributed by atoms with Crippen LogP contribution in [0.2, 0.25) is 5.02 Å². The molecule has 2 N–H and O–H groups in total. The molecule has 0 bridgehead atoms. The zero-order valence-electron chi connectivity index (χ0n) is 9.58. The van der Waals surface area contributed by atoms with Gasteiger partial charge in [0.05, 0.1) is 12.0 Å². The van der Waals surface area contributed by atoms with E-state index in [0.29, 0.717) is 11.6 Å². The third-order valence-electron chi connectivity index (χ3n) is 3.44. The van der Waals surface area contributed by atoms with Gasteiger partial charge in [0.15, 0.2) is 0 Å². The Bertz CT molecular complexity index is 398. The molecule has 92 valence electrons. The fourth-order valence-electron chi connectivity index (χ4n) is 2.28. The lowest BCUT2D eigenvalue weighted by Gasteiger charge is -2.40. The largest absolute Gasteiger partial charge is 0.395 e. The van der Waals surface area contributed by atoms with E-state index in [2.05, 4.69) is 5.32 Å². The van der Waals surface area contributed by atoms with Crippen molar-refractivity contribution in [1.82, 2.24) is 5.32 Å². The molecule has 1 aliphatic rings. The first kappa shape index (κ1) is 12.4. The fourth-order valence-corrected chi connectivity index (χ4v) is 2.41. The van der Waals surface area contributed by atoms with Gasteiger partial charge in [0.25, 0.3) is 0 Å². The highest BCUT2D eigenvalue weighted by Crippen LogP contribution is 2.44. The molecule has 4 heteroatoms. The Morgan fingerprint density at radius 2 is 2.00 bits per heavy atom. The Hall–Kier alpha value is -1.06. The van der Waals surface area contributed by atoms with E-state index in [1.807, 2.05) is 24.3 Å². The molecule has 1 fully saturated rings. The summed E-state index contributed by atoms with van der Waals surface area (Å²) in [5.74, 6) is 0.0140. The number of carbonyl (C=O) groups is 1. The van der Waals surface area contributed by atoms with Crippen LogP contribution in [-0.2, 0) is 10.2 Å². The predicted molar refractivity (Wildman–Crippen MR) is 67.1 cm³/mol. The van der Waals surface area contributed by atoms with Crippen LogP contribution in [0.1, 0.15) is 24.8 Å². The molecule has 17 heavy (non-hydrogen) atoms. The van der Waals surface area contributed by atoms with Gasteiger partial charge in [-0.3, -0.25) is 4.79 Å². The Morgan fingerprint density at radius 3 is 2.47 bits per heavy atom. The van der Waals surface area contributed by atoms with Gasteiger partial charge in [-0.1, -0.05) is 30.2 Å². The highest BCUT2D eigenvalue weighted by molar-refractivity contribution is 6.30. The van der Waals surface area contributed by atoms with Crippen LogP contribution < -0.4 is 5.32 Å². The first-order valence-corrected chi connectivity index (χ1v) is 6.22. The van der Waals surface area contributed by atoms with Crippen LogP contribution in [0.4, 0.5) is 0 Å². The van der Waals surface area contributed by atoms with Gasteiger partial charge in [-0.2, -0.15) is 0 Å². The summed E-state index contributed by atoms with van der Waals surface area (Å²) in [7, 11) is 0. The molecule has 0 unspecified atom stereocenters. The molecule has 1 amide bonds. The zero-order valence-corrected chi connectivity index (χ0v) is 10.3. The van der Waals surface area contributed by atoms with Crippen molar-refractivity contribution in [2.24, 2.45) is 0 Å². The van der Waals surface area contributed by atoms with Gasteiger partial charge < -0.3 is 10.4 Å². The van der Waals surface area contributed by atoms with Gasteiger partial charge >= 0.3 is 0 Å². The summed E-state index contributed by atoms with van der Waals surface area (Å²) in [6, 6.07) is 7.46. The second kappa shape index (κ2) is 5.07. The van der Waals surface area contributed by atoms with Crippen molar-refractivity contribution in [3.05, 3.63) is 34.9 Å². The first-order chi connectivity index (χ1) is 8.19. The number of carbonyl (C=O) groups excluding carboxylic acids is 1. The number of halogens is 1. The number of rotatable bonds is 4. The summed E-state index contributed by atoms with van der Waals surface area (Å²) in [6.45, 7) is 0.288. The number of aliphatic hydroxyl groups excluding tert-OH is 1. The van der Waals surface area contributed by atoms with Crippen LogP contribution >= 0.6 is 11.6 Å². The number of hydrogen-bond acceptors (Lipinski definition) is 2. The number of benzene rings is 1. The third-order valence-corrected chi connectivity index (χ3v) is 3.69. The number of nitrogens with one attached hydrogen (secondary N) is 1. The first-order valence-electron chi connectivity index (χ1n) is 5.84. The SMILES string of the molecule is O=C(NCCO)C1(c2ccc(Cl)cc2)CCC1. The van der Waals surface area contributed by atoms with Gasteiger partial charge in [-0.25, -0.2) is 0 Å². The van der Waals surface area contributed by atoms with Gasteiger partial charge in [-0.05, 0) is 30.5 Å². The lowest BCUT2D eigenvalue weighted by atomic mass is 9.64. The molecule has 0 aromatic heterocycles. The highest BCUT2D eigenvalue weighted by atomic mass is 35.5. The van der Waals surface area contributed by atoms with Crippen molar-refractivity contribution in [1.29, 1.82) is 0 Å². The van der Waals surface area contributed by atoms with Crippen molar-refractivity contribution in [2.45, 2.75) is 24.7 Å². The molecule has 0 saturated heterocycles. The van der Waals surface area contributed by atoms with Crippen molar-refractivity contribution in [3.8, 4) is 0 Å². The molecule has 1 aromatic rings. The van der Waals surface area contributed by atoms with Crippen LogP contribution in [0.25, 0.3) is 0 Å². The van der Waals surface area contributed by atoms with Gasteiger partial charge in [0.2, 0.25) is 5.91 Å². The van der Waals surface area contributed by atoms with E-state index in [1.54, 1.807) is 0 Å². The van der Waals surface area contributed by atoms with Gasteiger partial charge in [0.1, 0.15) is 0 Å². The molecule has 0 aliphatic heterocycles. The molecular weight excluding hydrogens is 238 g/mol. The monoisotopic (exact) mass is 253 g/mol. The summed E-state index contributed by atoms with van der Waals surface area (Å²) in [5, 5.41) is 12.2. The van der Waals surface area contributed by atoms with Gasteiger partial charge in [-0.15, -0.1) is 0 Å². The minimum Gasteiger partial charge on any atom is -0.395 e. The molecule has 2 rings (SSSR count). The molecule has 0 atom stereocenters. The lowest BCUT2D eigenvalue weighted by Crippen LogP contribution is -2.49. The Kier molecular flexibility index (Phi) is 3.69. The average molecular weight is 254 g/mol. The number of hydrogen-bond donors (Lipinski definition) is 2. The molecule has 1 aromatic carbocycles. The lowest BCUT2D eigenvalue weighted by molar-refractivity contribution is -0.130. The number of amides is 1. The predicted octanol–water partition coefficient (Wildman–Crippen LogP) is 1.87.